The highest BCUT2D eigenvalue weighted by molar-refractivity contribution is 4.78. The van der Waals surface area contributed by atoms with Crippen molar-refractivity contribution in [3.05, 3.63) is 0 Å². The minimum atomic E-state index is -0.655. The Morgan fingerprint density at radius 1 is 1.24 bits per heavy atom. The van der Waals surface area contributed by atoms with E-state index in [4.69, 9.17) is 4.74 Å². The zero-order valence-electron chi connectivity index (χ0n) is 11.7. The molecule has 3 nitrogen and oxygen atoms in total. The van der Waals surface area contributed by atoms with Crippen LogP contribution in [0.5, 0.6) is 0 Å². The van der Waals surface area contributed by atoms with Crippen molar-refractivity contribution < 1.29 is 9.84 Å². The van der Waals surface area contributed by atoms with Crippen molar-refractivity contribution in [2.24, 2.45) is 0 Å². The third kappa shape index (κ3) is 5.84. The molecule has 102 valence electrons. The van der Waals surface area contributed by atoms with Crippen LogP contribution in [-0.4, -0.2) is 36.0 Å². The molecular weight excluding hydrogens is 214 g/mol. The second-order valence-corrected chi connectivity index (χ2v) is 5.59. The third-order valence-electron chi connectivity index (χ3n) is 3.75. The molecule has 0 spiro atoms. The minimum Gasteiger partial charge on any atom is -0.388 e. The zero-order valence-corrected chi connectivity index (χ0v) is 11.7. The van der Waals surface area contributed by atoms with E-state index in [9.17, 15) is 5.11 Å². The standard InChI is InChI=1S/C14H29NO2/c1-4-10-15-12-6-8-13(9-7-12)17-11-14(3,16)5-2/h12-13,15-16H,4-11H2,1-3H3. The molecule has 1 aliphatic carbocycles. The van der Waals surface area contributed by atoms with Gasteiger partial charge in [-0.05, 0) is 52.0 Å². The normalized spacial score (nSPS) is 28.9. The average Bonchev–Trinajstić information content (AvgIpc) is 2.35. The first kappa shape index (κ1) is 14.9. The average molecular weight is 243 g/mol. The molecule has 0 aromatic rings. The first-order valence-electron chi connectivity index (χ1n) is 7.14. The predicted octanol–water partition coefficient (Wildman–Crippen LogP) is 2.47. The van der Waals surface area contributed by atoms with E-state index >= 15 is 0 Å². The highest BCUT2D eigenvalue weighted by atomic mass is 16.5. The van der Waals surface area contributed by atoms with E-state index in [-0.39, 0.29) is 0 Å². The number of hydrogen-bond acceptors (Lipinski definition) is 3. The molecule has 0 saturated heterocycles. The van der Waals surface area contributed by atoms with Gasteiger partial charge < -0.3 is 15.2 Å². The molecule has 1 saturated carbocycles. The van der Waals surface area contributed by atoms with Crippen LogP contribution in [0, 0.1) is 0 Å². The maximum Gasteiger partial charge on any atom is 0.0849 e. The van der Waals surface area contributed by atoms with E-state index in [1.165, 1.54) is 19.3 Å². The van der Waals surface area contributed by atoms with Gasteiger partial charge in [-0.3, -0.25) is 0 Å². The van der Waals surface area contributed by atoms with E-state index in [0.29, 0.717) is 18.8 Å². The molecule has 2 N–H and O–H groups in total. The molecule has 1 unspecified atom stereocenters. The second kappa shape index (κ2) is 7.34. The molecule has 0 aromatic heterocycles. The summed E-state index contributed by atoms with van der Waals surface area (Å²) in [7, 11) is 0. The van der Waals surface area contributed by atoms with Crippen molar-refractivity contribution in [2.75, 3.05) is 13.2 Å². The van der Waals surface area contributed by atoms with E-state index in [0.717, 1.165) is 25.8 Å². The smallest absolute Gasteiger partial charge is 0.0849 e. The molecule has 1 aliphatic rings. The Hall–Kier alpha value is -0.120. The molecule has 0 heterocycles. The molecule has 0 aromatic carbocycles. The Morgan fingerprint density at radius 2 is 1.88 bits per heavy atom. The summed E-state index contributed by atoms with van der Waals surface area (Å²) in [4.78, 5) is 0. The van der Waals surface area contributed by atoms with Gasteiger partial charge in [-0.2, -0.15) is 0 Å². The highest BCUT2D eigenvalue weighted by Gasteiger charge is 2.24. The monoisotopic (exact) mass is 243 g/mol. The van der Waals surface area contributed by atoms with Crippen LogP contribution in [-0.2, 0) is 4.74 Å². The lowest BCUT2D eigenvalue weighted by atomic mass is 9.92. The van der Waals surface area contributed by atoms with E-state index in [2.05, 4.69) is 12.2 Å². The lowest BCUT2D eigenvalue weighted by Crippen LogP contribution is -2.38. The zero-order chi connectivity index (χ0) is 12.7. The third-order valence-corrected chi connectivity index (χ3v) is 3.75. The first-order chi connectivity index (χ1) is 8.07. The van der Waals surface area contributed by atoms with Crippen molar-refractivity contribution in [1.29, 1.82) is 0 Å². The lowest BCUT2D eigenvalue weighted by Gasteiger charge is -2.31. The summed E-state index contributed by atoms with van der Waals surface area (Å²) in [5.41, 5.74) is -0.655. The maximum absolute atomic E-state index is 9.88. The summed E-state index contributed by atoms with van der Waals surface area (Å²) in [5, 5.41) is 13.5. The Morgan fingerprint density at radius 3 is 2.41 bits per heavy atom. The quantitative estimate of drug-likeness (QED) is 0.722. The van der Waals surface area contributed by atoms with Crippen molar-refractivity contribution in [2.45, 2.75) is 77.0 Å². The van der Waals surface area contributed by atoms with Gasteiger partial charge >= 0.3 is 0 Å². The molecule has 1 atom stereocenters. The van der Waals surface area contributed by atoms with Crippen LogP contribution in [0.3, 0.4) is 0 Å². The van der Waals surface area contributed by atoms with Gasteiger partial charge in [0.1, 0.15) is 0 Å². The maximum atomic E-state index is 9.88. The fourth-order valence-electron chi connectivity index (χ4n) is 2.18. The summed E-state index contributed by atoms with van der Waals surface area (Å²) >= 11 is 0. The Labute approximate surface area is 106 Å². The van der Waals surface area contributed by atoms with Gasteiger partial charge in [-0.1, -0.05) is 13.8 Å². The first-order valence-corrected chi connectivity index (χ1v) is 7.14. The van der Waals surface area contributed by atoms with E-state index in [1.807, 2.05) is 13.8 Å². The lowest BCUT2D eigenvalue weighted by molar-refractivity contribution is -0.0746. The summed E-state index contributed by atoms with van der Waals surface area (Å²) in [5.74, 6) is 0. The van der Waals surface area contributed by atoms with Gasteiger partial charge in [0.2, 0.25) is 0 Å². The van der Waals surface area contributed by atoms with Crippen molar-refractivity contribution >= 4 is 0 Å². The topological polar surface area (TPSA) is 41.5 Å². The summed E-state index contributed by atoms with van der Waals surface area (Å²) < 4.78 is 5.81. The van der Waals surface area contributed by atoms with Crippen LogP contribution in [0.2, 0.25) is 0 Å². The van der Waals surface area contributed by atoms with Gasteiger partial charge in [-0.15, -0.1) is 0 Å². The van der Waals surface area contributed by atoms with Gasteiger partial charge in [0.25, 0.3) is 0 Å². The van der Waals surface area contributed by atoms with Crippen LogP contribution < -0.4 is 5.32 Å². The van der Waals surface area contributed by atoms with Crippen molar-refractivity contribution in [3.63, 3.8) is 0 Å². The molecule has 1 fully saturated rings. The van der Waals surface area contributed by atoms with Crippen molar-refractivity contribution in [3.8, 4) is 0 Å². The predicted molar refractivity (Wildman–Crippen MR) is 71.2 cm³/mol. The number of rotatable bonds is 7. The fourth-order valence-corrected chi connectivity index (χ4v) is 2.18. The van der Waals surface area contributed by atoms with E-state index in [1.54, 1.807) is 0 Å². The number of nitrogens with one attached hydrogen (secondary N) is 1. The van der Waals surface area contributed by atoms with Gasteiger partial charge in [0.05, 0.1) is 18.3 Å². The summed E-state index contributed by atoms with van der Waals surface area (Å²) in [6.45, 7) is 7.65. The summed E-state index contributed by atoms with van der Waals surface area (Å²) in [6.07, 6.45) is 6.98. The highest BCUT2D eigenvalue weighted by Crippen LogP contribution is 2.22. The van der Waals surface area contributed by atoms with E-state index < -0.39 is 5.60 Å². The van der Waals surface area contributed by atoms with Crippen LogP contribution in [0.15, 0.2) is 0 Å². The second-order valence-electron chi connectivity index (χ2n) is 5.59. The van der Waals surface area contributed by atoms with Crippen LogP contribution in [0.25, 0.3) is 0 Å². The van der Waals surface area contributed by atoms with Crippen LogP contribution in [0.1, 0.15) is 59.3 Å². The van der Waals surface area contributed by atoms with Crippen LogP contribution >= 0.6 is 0 Å². The number of hydrogen-bond donors (Lipinski definition) is 2. The Balaban J connectivity index is 2.15. The Bertz CT molecular complexity index is 198. The summed E-state index contributed by atoms with van der Waals surface area (Å²) in [6, 6.07) is 0.682. The largest absolute Gasteiger partial charge is 0.388 e. The molecule has 1 rings (SSSR count). The van der Waals surface area contributed by atoms with Crippen molar-refractivity contribution in [1.82, 2.24) is 5.32 Å². The fraction of sp³-hybridized carbons (Fsp3) is 1.00. The molecule has 3 heteroatoms. The van der Waals surface area contributed by atoms with Crippen LogP contribution in [0.4, 0.5) is 0 Å². The molecule has 0 amide bonds. The van der Waals surface area contributed by atoms with Gasteiger partial charge in [0, 0.05) is 6.04 Å². The number of aliphatic hydroxyl groups is 1. The van der Waals surface area contributed by atoms with Gasteiger partial charge in [0.15, 0.2) is 0 Å². The molecule has 0 aliphatic heterocycles. The molecular formula is C14H29NO2. The minimum absolute atomic E-state index is 0.354. The number of ether oxygens (including phenoxy) is 1. The molecule has 17 heavy (non-hydrogen) atoms. The Kier molecular flexibility index (Phi) is 6.45. The SMILES string of the molecule is CCCNC1CCC(OCC(C)(O)CC)CC1. The molecule has 0 radical (unpaired) electrons. The molecule has 0 bridgehead atoms. The van der Waals surface area contributed by atoms with Gasteiger partial charge in [-0.25, -0.2) is 0 Å².